The molecule has 0 aliphatic rings. The van der Waals surface area contributed by atoms with Crippen LogP contribution in [0.2, 0.25) is 0 Å². The summed E-state index contributed by atoms with van der Waals surface area (Å²) in [5, 5.41) is 13.8. The van der Waals surface area contributed by atoms with Crippen LogP contribution in [-0.2, 0) is 7.05 Å². The summed E-state index contributed by atoms with van der Waals surface area (Å²) < 4.78 is 1.64. The van der Waals surface area contributed by atoms with E-state index in [0.717, 1.165) is 5.56 Å². The normalized spacial score (nSPS) is 12.7. The smallest absolute Gasteiger partial charge is 0.124 e. The highest BCUT2D eigenvalue weighted by Gasteiger charge is 2.12. The third-order valence-corrected chi connectivity index (χ3v) is 1.93. The van der Waals surface area contributed by atoms with E-state index in [-0.39, 0.29) is 0 Å². The largest absolute Gasteiger partial charge is 0.382 e. The van der Waals surface area contributed by atoms with Gasteiger partial charge in [0.25, 0.3) is 0 Å². The molecule has 0 amide bonds. The summed E-state index contributed by atoms with van der Waals surface area (Å²) in [6.45, 7) is 0. The average Bonchev–Trinajstić information content (AvgIpc) is 2.65. The van der Waals surface area contributed by atoms with Gasteiger partial charge in [0.2, 0.25) is 0 Å². The highest BCUT2D eigenvalue weighted by atomic mass is 16.3. The van der Waals surface area contributed by atoms with Crippen LogP contribution in [-0.4, -0.2) is 24.9 Å². The molecule has 1 atom stereocenters. The molecule has 0 aliphatic carbocycles. The molecule has 0 radical (unpaired) electrons. The monoisotopic (exact) mass is 190 g/mol. The van der Waals surface area contributed by atoms with Crippen molar-refractivity contribution in [2.45, 2.75) is 6.10 Å². The SMILES string of the molecule is Cn1cc(C(O)c2ccncn2)cn1. The summed E-state index contributed by atoms with van der Waals surface area (Å²) in [5.41, 5.74) is 1.30. The van der Waals surface area contributed by atoms with Gasteiger partial charge >= 0.3 is 0 Å². The molecule has 2 aromatic rings. The summed E-state index contributed by atoms with van der Waals surface area (Å²) >= 11 is 0. The van der Waals surface area contributed by atoms with E-state index in [1.54, 1.807) is 36.4 Å². The summed E-state index contributed by atoms with van der Waals surface area (Å²) in [6, 6.07) is 1.68. The second kappa shape index (κ2) is 3.55. The number of hydrogen-bond donors (Lipinski definition) is 1. The first kappa shape index (κ1) is 8.83. The van der Waals surface area contributed by atoms with Crippen LogP contribution in [0.1, 0.15) is 17.4 Å². The molecule has 2 rings (SSSR count). The first-order chi connectivity index (χ1) is 6.77. The highest BCUT2D eigenvalue weighted by molar-refractivity contribution is 5.19. The Morgan fingerprint density at radius 3 is 2.93 bits per heavy atom. The van der Waals surface area contributed by atoms with Gasteiger partial charge in [-0.2, -0.15) is 5.10 Å². The van der Waals surface area contributed by atoms with Crippen molar-refractivity contribution in [2.24, 2.45) is 7.05 Å². The maximum atomic E-state index is 9.86. The Bertz CT molecular complexity index is 412. The minimum atomic E-state index is -0.730. The minimum Gasteiger partial charge on any atom is -0.382 e. The lowest BCUT2D eigenvalue weighted by Gasteiger charge is -2.05. The fraction of sp³-hybridized carbons (Fsp3) is 0.222. The number of aromatic nitrogens is 4. The molecule has 72 valence electrons. The van der Waals surface area contributed by atoms with E-state index >= 15 is 0 Å². The number of rotatable bonds is 2. The Hall–Kier alpha value is -1.75. The number of aliphatic hydroxyl groups is 1. The van der Waals surface area contributed by atoms with Crippen LogP contribution in [0.5, 0.6) is 0 Å². The fourth-order valence-corrected chi connectivity index (χ4v) is 1.21. The zero-order valence-electron chi connectivity index (χ0n) is 7.70. The molecule has 1 N–H and O–H groups in total. The van der Waals surface area contributed by atoms with Gasteiger partial charge < -0.3 is 5.11 Å². The summed E-state index contributed by atoms with van der Waals surface area (Å²) in [6.07, 6.45) is 5.66. The van der Waals surface area contributed by atoms with Crippen LogP contribution < -0.4 is 0 Å². The van der Waals surface area contributed by atoms with Crippen molar-refractivity contribution in [2.75, 3.05) is 0 Å². The summed E-state index contributed by atoms with van der Waals surface area (Å²) in [7, 11) is 1.80. The Kier molecular flexibility index (Phi) is 2.24. The van der Waals surface area contributed by atoms with Gasteiger partial charge in [-0.3, -0.25) is 4.68 Å². The molecular formula is C9H10N4O. The van der Waals surface area contributed by atoms with E-state index in [2.05, 4.69) is 15.1 Å². The number of hydrogen-bond acceptors (Lipinski definition) is 4. The van der Waals surface area contributed by atoms with Gasteiger partial charge in [-0.05, 0) is 6.07 Å². The third kappa shape index (κ3) is 1.62. The molecule has 0 saturated heterocycles. The van der Waals surface area contributed by atoms with Gasteiger partial charge in [0.05, 0.1) is 11.9 Å². The van der Waals surface area contributed by atoms with Crippen molar-refractivity contribution in [3.05, 3.63) is 42.2 Å². The average molecular weight is 190 g/mol. The maximum absolute atomic E-state index is 9.86. The molecular weight excluding hydrogens is 180 g/mol. The van der Waals surface area contributed by atoms with E-state index in [1.165, 1.54) is 6.33 Å². The first-order valence-electron chi connectivity index (χ1n) is 4.20. The van der Waals surface area contributed by atoms with Crippen LogP contribution in [0.4, 0.5) is 0 Å². The molecule has 14 heavy (non-hydrogen) atoms. The molecule has 0 saturated carbocycles. The zero-order valence-corrected chi connectivity index (χ0v) is 7.70. The van der Waals surface area contributed by atoms with Gasteiger partial charge in [0.15, 0.2) is 0 Å². The predicted molar refractivity (Wildman–Crippen MR) is 49.3 cm³/mol. The number of aryl methyl sites for hydroxylation is 1. The lowest BCUT2D eigenvalue weighted by molar-refractivity contribution is 0.215. The Morgan fingerprint density at radius 2 is 2.36 bits per heavy atom. The van der Waals surface area contributed by atoms with E-state index in [4.69, 9.17) is 0 Å². The summed E-state index contributed by atoms with van der Waals surface area (Å²) in [5.74, 6) is 0. The van der Waals surface area contributed by atoms with Crippen LogP contribution in [0.25, 0.3) is 0 Å². The molecule has 1 unspecified atom stereocenters. The zero-order chi connectivity index (χ0) is 9.97. The van der Waals surface area contributed by atoms with Crippen molar-refractivity contribution >= 4 is 0 Å². The van der Waals surface area contributed by atoms with Crippen molar-refractivity contribution in [3.8, 4) is 0 Å². The predicted octanol–water partition coefficient (Wildman–Crippen LogP) is 0.292. The van der Waals surface area contributed by atoms with Crippen molar-refractivity contribution in [1.82, 2.24) is 19.7 Å². The van der Waals surface area contributed by atoms with Gasteiger partial charge in [-0.15, -0.1) is 0 Å². The molecule has 2 aromatic heterocycles. The fourth-order valence-electron chi connectivity index (χ4n) is 1.21. The highest BCUT2D eigenvalue weighted by Crippen LogP contribution is 2.17. The third-order valence-electron chi connectivity index (χ3n) is 1.93. The lowest BCUT2D eigenvalue weighted by atomic mass is 10.1. The van der Waals surface area contributed by atoms with Crippen molar-refractivity contribution in [1.29, 1.82) is 0 Å². The van der Waals surface area contributed by atoms with Crippen LogP contribution in [0, 0.1) is 0 Å². The Labute approximate surface area is 81.1 Å². The second-order valence-electron chi connectivity index (χ2n) is 2.98. The topological polar surface area (TPSA) is 63.8 Å². The second-order valence-corrected chi connectivity index (χ2v) is 2.98. The molecule has 0 aliphatic heterocycles. The Balaban J connectivity index is 2.29. The van der Waals surface area contributed by atoms with Crippen LogP contribution >= 0.6 is 0 Å². The molecule has 0 bridgehead atoms. The standard InChI is InChI=1S/C9H10N4O/c1-13-5-7(4-12-13)9(14)8-2-3-10-6-11-8/h2-6,9,14H,1H3. The number of aliphatic hydroxyl groups excluding tert-OH is 1. The van der Waals surface area contributed by atoms with E-state index < -0.39 is 6.10 Å². The minimum absolute atomic E-state index is 0.577. The quantitative estimate of drug-likeness (QED) is 0.739. The maximum Gasteiger partial charge on any atom is 0.124 e. The van der Waals surface area contributed by atoms with Gasteiger partial charge in [-0.25, -0.2) is 9.97 Å². The molecule has 2 heterocycles. The van der Waals surface area contributed by atoms with E-state index in [1.807, 2.05) is 0 Å². The van der Waals surface area contributed by atoms with Gasteiger partial charge in [0, 0.05) is 25.0 Å². The van der Waals surface area contributed by atoms with Crippen molar-refractivity contribution in [3.63, 3.8) is 0 Å². The van der Waals surface area contributed by atoms with Gasteiger partial charge in [-0.1, -0.05) is 0 Å². The first-order valence-corrected chi connectivity index (χ1v) is 4.20. The molecule has 5 nitrogen and oxygen atoms in total. The van der Waals surface area contributed by atoms with E-state index in [0.29, 0.717) is 5.69 Å². The Morgan fingerprint density at radius 1 is 1.50 bits per heavy atom. The summed E-state index contributed by atoms with van der Waals surface area (Å²) in [4.78, 5) is 7.75. The molecule has 0 aromatic carbocycles. The van der Waals surface area contributed by atoms with Crippen LogP contribution in [0.3, 0.4) is 0 Å². The molecule has 5 heteroatoms. The molecule has 0 spiro atoms. The lowest BCUT2D eigenvalue weighted by Crippen LogP contribution is -2.01. The van der Waals surface area contributed by atoms with Gasteiger partial charge in [0.1, 0.15) is 12.4 Å². The number of nitrogens with zero attached hydrogens (tertiary/aromatic N) is 4. The van der Waals surface area contributed by atoms with Crippen LogP contribution in [0.15, 0.2) is 31.0 Å². The molecule has 0 fully saturated rings. The van der Waals surface area contributed by atoms with Crippen molar-refractivity contribution < 1.29 is 5.11 Å². The van der Waals surface area contributed by atoms with E-state index in [9.17, 15) is 5.11 Å².